The van der Waals surface area contributed by atoms with E-state index in [4.69, 9.17) is 0 Å². The molecule has 0 bridgehead atoms. The molecule has 0 fully saturated rings. The van der Waals surface area contributed by atoms with Gasteiger partial charge in [-0.25, -0.2) is 0 Å². The van der Waals surface area contributed by atoms with Crippen molar-refractivity contribution in [3.8, 4) is 0 Å². The summed E-state index contributed by atoms with van der Waals surface area (Å²) < 4.78 is 0. The lowest BCUT2D eigenvalue weighted by Crippen LogP contribution is -2.30. The predicted octanol–water partition coefficient (Wildman–Crippen LogP) is 3.89. The molecule has 0 aliphatic rings. The number of hydrogen-bond donors (Lipinski definition) is 1. The van der Waals surface area contributed by atoms with Gasteiger partial charge in [-0.3, -0.25) is 14.4 Å². The van der Waals surface area contributed by atoms with Crippen molar-refractivity contribution in [3.05, 3.63) is 65.7 Å². The smallest absolute Gasteiger partial charge is 0.224 e. The Morgan fingerprint density at radius 1 is 0.852 bits per heavy atom. The van der Waals surface area contributed by atoms with E-state index in [2.05, 4.69) is 5.32 Å². The van der Waals surface area contributed by atoms with Crippen LogP contribution in [0.4, 0.5) is 5.69 Å². The molecule has 0 radical (unpaired) electrons. The number of nitrogens with one attached hydrogen (secondary N) is 1. The van der Waals surface area contributed by atoms with Gasteiger partial charge in [0.2, 0.25) is 11.8 Å². The molecular weight excluding hydrogens is 340 g/mol. The number of hydrogen-bond acceptors (Lipinski definition) is 3. The van der Waals surface area contributed by atoms with Gasteiger partial charge in [0.25, 0.3) is 0 Å². The van der Waals surface area contributed by atoms with Gasteiger partial charge in [-0.15, -0.1) is 0 Å². The number of benzene rings is 2. The lowest BCUT2D eigenvalue weighted by molar-refractivity contribution is -0.131. The maximum atomic E-state index is 12.5. The van der Waals surface area contributed by atoms with Gasteiger partial charge < -0.3 is 10.2 Å². The number of amides is 2. The summed E-state index contributed by atoms with van der Waals surface area (Å²) in [6.07, 6.45) is 1.13. The van der Waals surface area contributed by atoms with Gasteiger partial charge in [0, 0.05) is 42.7 Å². The number of ketones is 1. The topological polar surface area (TPSA) is 66.5 Å². The van der Waals surface area contributed by atoms with Crippen LogP contribution in [0.25, 0.3) is 0 Å². The number of carbonyl (C=O) groups is 3. The summed E-state index contributed by atoms with van der Waals surface area (Å²) in [5.41, 5.74) is 1.71. The molecule has 0 saturated heterocycles. The second-order valence-electron chi connectivity index (χ2n) is 6.24. The largest absolute Gasteiger partial charge is 0.343 e. The molecule has 0 spiro atoms. The molecule has 2 rings (SSSR count). The molecule has 2 aromatic carbocycles. The first kappa shape index (κ1) is 20.4. The van der Waals surface area contributed by atoms with Crippen molar-refractivity contribution in [1.82, 2.24) is 4.90 Å². The van der Waals surface area contributed by atoms with E-state index >= 15 is 0 Å². The van der Waals surface area contributed by atoms with Gasteiger partial charge in [-0.2, -0.15) is 0 Å². The Kier molecular flexibility index (Phi) is 7.74. The van der Waals surface area contributed by atoms with Crippen LogP contribution in [0.3, 0.4) is 0 Å². The zero-order valence-electron chi connectivity index (χ0n) is 15.9. The molecule has 5 nitrogen and oxygen atoms in total. The molecule has 0 unspecified atom stereocenters. The van der Waals surface area contributed by atoms with Crippen LogP contribution < -0.4 is 5.32 Å². The van der Waals surface area contributed by atoms with Gasteiger partial charge in [0.05, 0.1) is 0 Å². The molecule has 5 heteroatoms. The summed E-state index contributed by atoms with van der Waals surface area (Å²) in [4.78, 5) is 38.3. The molecule has 0 aliphatic carbocycles. The third-order valence-electron chi connectivity index (χ3n) is 4.36. The number of rotatable bonds is 9. The minimum Gasteiger partial charge on any atom is -0.343 e. The van der Waals surface area contributed by atoms with Gasteiger partial charge >= 0.3 is 0 Å². The Morgan fingerprint density at radius 3 is 2.19 bits per heavy atom. The zero-order chi connectivity index (χ0) is 19.6. The summed E-state index contributed by atoms with van der Waals surface area (Å²) in [5.74, 6) is -0.175. The second kappa shape index (κ2) is 10.3. The first-order valence-electron chi connectivity index (χ1n) is 9.32. The minimum absolute atomic E-state index is 0.0725. The molecule has 27 heavy (non-hydrogen) atoms. The average Bonchev–Trinajstić information content (AvgIpc) is 2.69. The number of nitrogens with zero attached hydrogens (tertiary/aromatic N) is 1. The fourth-order valence-corrected chi connectivity index (χ4v) is 2.85. The molecule has 142 valence electrons. The highest BCUT2D eigenvalue weighted by atomic mass is 16.2. The lowest BCUT2D eigenvalue weighted by atomic mass is 10.0. The van der Waals surface area contributed by atoms with Crippen LogP contribution in [0.5, 0.6) is 0 Å². The highest BCUT2D eigenvalue weighted by Gasteiger charge is 2.12. The summed E-state index contributed by atoms with van der Waals surface area (Å²) in [6, 6.07) is 15.9. The van der Waals surface area contributed by atoms with E-state index in [-0.39, 0.29) is 24.0 Å². The molecule has 1 N–H and O–H groups in total. The minimum atomic E-state index is -0.161. The van der Waals surface area contributed by atoms with E-state index in [0.29, 0.717) is 42.7 Å². The van der Waals surface area contributed by atoms with Crippen molar-refractivity contribution in [3.63, 3.8) is 0 Å². The van der Waals surface area contributed by atoms with Crippen molar-refractivity contribution in [1.29, 1.82) is 0 Å². The van der Waals surface area contributed by atoms with Gasteiger partial charge in [0.15, 0.2) is 5.78 Å². The van der Waals surface area contributed by atoms with E-state index in [1.54, 1.807) is 41.3 Å². The second-order valence-corrected chi connectivity index (χ2v) is 6.24. The van der Waals surface area contributed by atoms with E-state index in [0.717, 1.165) is 0 Å². The summed E-state index contributed by atoms with van der Waals surface area (Å²) in [6.45, 7) is 5.25. The fraction of sp³-hybridized carbons (Fsp3) is 0.318. The molecule has 0 atom stereocenters. The first-order chi connectivity index (χ1) is 13.0. The van der Waals surface area contributed by atoms with Gasteiger partial charge in [-0.1, -0.05) is 42.5 Å². The van der Waals surface area contributed by atoms with E-state index in [1.165, 1.54) is 0 Å². The third kappa shape index (κ3) is 6.06. The van der Waals surface area contributed by atoms with Crippen LogP contribution >= 0.6 is 0 Å². The van der Waals surface area contributed by atoms with Crippen LogP contribution in [0.2, 0.25) is 0 Å². The lowest BCUT2D eigenvalue weighted by Gasteiger charge is -2.18. The van der Waals surface area contributed by atoms with E-state index < -0.39 is 0 Å². The Bertz CT molecular complexity index is 783. The Hall–Kier alpha value is -2.95. The summed E-state index contributed by atoms with van der Waals surface area (Å²) in [7, 11) is 0. The number of carbonyl (C=O) groups excluding carboxylic acids is 3. The van der Waals surface area contributed by atoms with E-state index in [9.17, 15) is 14.4 Å². The molecule has 0 saturated carbocycles. The molecule has 2 amide bonds. The van der Waals surface area contributed by atoms with Crippen LogP contribution in [-0.4, -0.2) is 35.6 Å². The molecule has 0 aliphatic heterocycles. The number of anilines is 1. The van der Waals surface area contributed by atoms with Crippen molar-refractivity contribution < 1.29 is 14.4 Å². The quantitative estimate of drug-likeness (QED) is 0.685. The van der Waals surface area contributed by atoms with Crippen molar-refractivity contribution >= 4 is 23.3 Å². The molecule has 0 heterocycles. The average molecular weight is 366 g/mol. The summed E-state index contributed by atoms with van der Waals surface area (Å²) in [5, 5.41) is 2.80. The highest BCUT2D eigenvalue weighted by molar-refractivity contribution is 6.09. The van der Waals surface area contributed by atoms with Crippen LogP contribution in [0.1, 0.15) is 49.0 Å². The van der Waals surface area contributed by atoms with Crippen LogP contribution in [-0.2, 0) is 9.59 Å². The standard InChI is InChI=1S/C22H26N2O3/c1-3-24(4-2)21(26)15-9-14-20(25)23-19-13-8-12-18(16-19)22(27)17-10-6-5-7-11-17/h5-8,10-13,16H,3-4,9,14-15H2,1-2H3,(H,23,25). The van der Waals surface area contributed by atoms with Gasteiger partial charge in [-0.05, 0) is 32.4 Å². The Morgan fingerprint density at radius 2 is 1.52 bits per heavy atom. The fourth-order valence-electron chi connectivity index (χ4n) is 2.85. The third-order valence-corrected chi connectivity index (χ3v) is 4.36. The van der Waals surface area contributed by atoms with E-state index in [1.807, 2.05) is 32.0 Å². The summed E-state index contributed by atoms with van der Waals surface area (Å²) >= 11 is 0. The van der Waals surface area contributed by atoms with Crippen LogP contribution in [0.15, 0.2) is 54.6 Å². The van der Waals surface area contributed by atoms with Gasteiger partial charge in [0.1, 0.15) is 0 Å². The monoisotopic (exact) mass is 366 g/mol. The molecular formula is C22H26N2O3. The normalized spacial score (nSPS) is 10.3. The first-order valence-corrected chi connectivity index (χ1v) is 9.32. The maximum Gasteiger partial charge on any atom is 0.224 e. The molecule has 0 aromatic heterocycles. The maximum absolute atomic E-state index is 12.5. The van der Waals surface area contributed by atoms with Crippen molar-refractivity contribution in [2.45, 2.75) is 33.1 Å². The zero-order valence-corrected chi connectivity index (χ0v) is 15.9. The van der Waals surface area contributed by atoms with Crippen molar-refractivity contribution in [2.24, 2.45) is 0 Å². The molecule has 2 aromatic rings. The SMILES string of the molecule is CCN(CC)C(=O)CCCC(=O)Nc1cccc(C(=O)c2ccccc2)c1. The Balaban J connectivity index is 1.89. The van der Waals surface area contributed by atoms with Crippen LogP contribution in [0, 0.1) is 0 Å². The van der Waals surface area contributed by atoms with Crippen molar-refractivity contribution in [2.75, 3.05) is 18.4 Å². The predicted molar refractivity (Wildman–Crippen MR) is 107 cm³/mol. The Labute approximate surface area is 160 Å². The highest BCUT2D eigenvalue weighted by Crippen LogP contribution is 2.15.